The third kappa shape index (κ3) is 3.46. The lowest BCUT2D eigenvalue weighted by Crippen LogP contribution is -2.18. The standard InChI is InChI=1S/C18H17N3O3S/c1-12-9-13-5-4-8-16(17(13)20-11-12)25(23,24)21-15-7-3-6-14(10-15)18(22)19-2/h3-11,21H,1-2H3,(H,19,22). The number of aromatic nitrogens is 1. The number of carbonyl (C=O) groups is 1. The summed E-state index contributed by atoms with van der Waals surface area (Å²) in [6.07, 6.45) is 1.63. The van der Waals surface area contributed by atoms with Crippen LogP contribution in [0.2, 0.25) is 0 Å². The number of rotatable bonds is 4. The van der Waals surface area contributed by atoms with Crippen LogP contribution in [-0.4, -0.2) is 26.4 Å². The predicted octanol–water partition coefficient (Wildman–Crippen LogP) is 2.70. The number of hydrogen-bond acceptors (Lipinski definition) is 4. The first kappa shape index (κ1) is 16.9. The summed E-state index contributed by atoms with van der Waals surface area (Å²) in [5.74, 6) is -0.289. The number of hydrogen-bond donors (Lipinski definition) is 2. The van der Waals surface area contributed by atoms with Crippen LogP contribution in [-0.2, 0) is 10.0 Å². The Morgan fingerprint density at radius 3 is 2.60 bits per heavy atom. The van der Waals surface area contributed by atoms with Gasteiger partial charge in [-0.05, 0) is 42.8 Å². The summed E-state index contributed by atoms with van der Waals surface area (Å²) in [6.45, 7) is 1.90. The molecule has 3 aromatic rings. The Morgan fingerprint density at radius 2 is 1.84 bits per heavy atom. The molecule has 0 unspecified atom stereocenters. The van der Waals surface area contributed by atoms with Crippen molar-refractivity contribution >= 4 is 32.5 Å². The van der Waals surface area contributed by atoms with Gasteiger partial charge >= 0.3 is 0 Å². The Hall–Kier alpha value is -2.93. The van der Waals surface area contributed by atoms with E-state index in [4.69, 9.17) is 0 Å². The number of carbonyl (C=O) groups excluding carboxylic acids is 1. The highest BCUT2D eigenvalue weighted by Gasteiger charge is 2.19. The van der Waals surface area contributed by atoms with Crippen LogP contribution in [0, 0.1) is 6.92 Å². The number of fused-ring (bicyclic) bond motifs is 1. The second-order valence-electron chi connectivity index (χ2n) is 5.61. The van der Waals surface area contributed by atoms with E-state index in [2.05, 4.69) is 15.0 Å². The minimum absolute atomic E-state index is 0.0929. The number of nitrogens with zero attached hydrogens (tertiary/aromatic N) is 1. The lowest BCUT2D eigenvalue weighted by molar-refractivity contribution is 0.0963. The zero-order valence-corrected chi connectivity index (χ0v) is 14.6. The van der Waals surface area contributed by atoms with Crippen LogP contribution in [0.4, 0.5) is 5.69 Å². The summed E-state index contributed by atoms with van der Waals surface area (Å²) in [5.41, 5.74) is 2.04. The third-order valence-electron chi connectivity index (χ3n) is 3.70. The van der Waals surface area contributed by atoms with Gasteiger partial charge in [-0.1, -0.05) is 18.2 Å². The SMILES string of the molecule is CNC(=O)c1cccc(NS(=O)(=O)c2cccc3cc(C)cnc23)c1. The highest BCUT2D eigenvalue weighted by atomic mass is 32.2. The topological polar surface area (TPSA) is 88.2 Å². The molecule has 25 heavy (non-hydrogen) atoms. The normalized spacial score (nSPS) is 11.3. The van der Waals surface area contributed by atoms with Gasteiger partial charge in [-0.15, -0.1) is 0 Å². The highest BCUT2D eigenvalue weighted by Crippen LogP contribution is 2.24. The maximum absolute atomic E-state index is 12.8. The third-order valence-corrected chi connectivity index (χ3v) is 5.12. The van der Waals surface area contributed by atoms with Gasteiger partial charge in [0.1, 0.15) is 4.90 Å². The molecule has 0 saturated heterocycles. The van der Waals surface area contributed by atoms with Crippen molar-refractivity contribution in [2.75, 3.05) is 11.8 Å². The number of pyridine rings is 1. The van der Waals surface area contributed by atoms with Crippen LogP contribution < -0.4 is 10.0 Å². The summed E-state index contributed by atoms with van der Waals surface area (Å²) in [6, 6.07) is 13.2. The Bertz CT molecular complexity index is 1060. The molecule has 0 saturated carbocycles. The molecule has 0 fully saturated rings. The molecule has 0 aliphatic carbocycles. The molecule has 7 heteroatoms. The maximum Gasteiger partial charge on any atom is 0.264 e. The molecule has 3 rings (SSSR count). The fourth-order valence-electron chi connectivity index (χ4n) is 2.54. The number of sulfonamides is 1. The fourth-order valence-corrected chi connectivity index (χ4v) is 3.77. The lowest BCUT2D eigenvalue weighted by Gasteiger charge is -2.11. The molecule has 1 aromatic heterocycles. The second kappa shape index (κ2) is 6.52. The fraction of sp³-hybridized carbons (Fsp3) is 0.111. The Morgan fingerprint density at radius 1 is 1.08 bits per heavy atom. The molecule has 1 heterocycles. The number of anilines is 1. The molecule has 2 aromatic carbocycles. The first-order chi connectivity index (χ1) is 11.9. The van der Waals surface area contributed by atoms with E-state index in [1.165, 1.54) is 19.2 Å². The largest absolute Gasteiger partial charge is 0.355 e. The first-order valence-electron chi connectivity index (χ1n) is 7.61. The summed E-state index contributed by atoms with van der Waals surface area (Å²) >= 11 is 0. The van der Waals surface area contributed by atoms with Crippen molar-refractivity contribution in [2.45, 2.75) is 11.8 Å². The van der Waals surface area contributed by atoms with Gasteiger partial charge in [0.25, 0.3) is 15.9 Å². The van der Waals surface area contributed by atoms with Gasteiger partial charge in [0.2, 0.25) is 0 Å². The highest BCUT2D eigenvalue weighted by molar-refractivity contribution is 7.93. The van der Waals surface area contributed by atoms with Crippen LogP contribution in [0.5, 0.6) is 0 Å². The minimum Gasteiger partial charge on any atom is -0.355 e. The van der Waals surface area contributed by atoms with E-state index in [9.17, 15) is 13.2 Å². The summed E-state index contributed by atoms with van der Waals surface area (Å²) in [7, 11) is -2.33. The van der Waals surface area contributed by atoms with Gasteiger partial charge in [0.05, 0.1) is 5.52 Å². The molecule has 0 aliphatic heterocycles. The monoisotopic (exact) mass is 355 g/mol. The maximum atomic E-state index is 12.8. The van der Waals surface area contributed by atoms with E-state index in [1.54, 1.807) is 30.5 Å². The van der Waals surface area contributed by atoms with Crippen LogP contribution in [0.25, 0.3) is 10.9 Å². The van der Waals surface area contributed by atoms with Gasteiger partial charge < -0.3 is 5.32 Å². The predicted molar refractivity (Wildman–Crippen MR) is 97.1 cm³/mol. The summed E-state index contributed by atoms with van der Waals surface area (Å²) in [5, 5.41) is 3.26. The number of benzene rings is 2. The van der Waals surface area contributed by atoms with Crippen molar-refractivity contribution in [3.8, 4) is 0 Å². The van der Waals surface area contributed by atoms with E-state index in [0.29, 0.717) is 16.8 Å². The average Bonchev–Trinajstić information content (AvgIpc) is 2.60. The molecule has 0 spiro atoms. The molecule has 0 bridgehead atoms. The molecule has 0 radical (unpaired) electrons. The van der Waals surface area contributed by atoms with E-state index in [1.807, 2.05) is 19.1 Å². The quantitative estimate of drug-likeness (QED) is 0.753. The average molecular weight is 355 g/mol. The summed E-state index contributed by atoms with van der Waals surface area (Å²) < 4.78 is 28.1. The molecular formula is C18H17N3O3S. The van der Waals surface area contributed by atoms with Crippen molar-refractivity contribution in [3.05, 3.63) is 65.9 Å². The number of nitrogens with one attached hydrogen (secondary N) is 2. The molecule has 1 amide bonds. The second-order valence-corrected chi connectivity index (χ2v) is 7.26. The van der Waals surface area contributed by atoms with E-state index >= 15 is 0 Å². The van der Waals surface area contributed by atoms with Crippen LogP contribution in [0.15, 0.2) is 59.6 Å². The van der Waals surface area contributed by atoms with E-state index in [-0.39, 0.29) is 10.8 Å². The van der Waals surface area contributed by atoms with Gasteiger partial charge in [0, 0.05) is 29.9 Å². The Balaban J connectivity index is 2.02. The lowest BCUT2D eigenvalue weighted by atomic mass is 10.2. The van der Waals surface area contributed by atoms with Crippen molar-refractivity contribution in [3.63, 3.8) is 0 Å². The molecule has 0 atom stereocenters. The smallest absolute Gasteiger partial charge is 0.264 e. The number of para-hydroxylation sites is 1. The van der Waals surface area contributed by atoms with Crippen molar-refractivity contribution < 1.29 is 13.2 Å². The molecule has 128 valence electrons. The molecule has 2 N–H and O–H groups in total. The zero-order valence-electron chi connectivity index (χ0n) is 13.8. The first-order valence-corrected chi connectivity index (χ1v) is 9.09. The van der Waals surface area contributed by atoms with Gasteiger partial charge in [-0.2, -0.15) is 0 Å². The van der Waals surface area contributed by atoms with E-state index < -0.39 is 10.0 Å². The van der Waals surface area contributed by atoms with Crippen LogP contribution in [0.1, 0.15) is 15.9 Å². The van der Waals surface area contributed by atoms with E-state index in [0.717, 1.165) is 10.9 Å². The zero-order chi connectivity index (χ0) is 18.0. The van der Waals surface area contributed by atoms with Crippen molar-refractivity contribution in [1.29, 1.82) is 0 Å². The van der Waals surface area contributed by atoms with Gasteiger partial charge in [-0.3, -0.25) is 14.5 Å². The Kier molecular flexibility index (Phi) is 4.41. The van der Waals surface area contributed by atoms with Crippen LogP contribution in [0.3, 0.4) is 0 Å². The molecule has 0 aliphatic rings. The van der Waals surface area contributed by atoms with Crippen molar-refractivity contribution in [1.82, 2.24) is 10.3 Å². The molecular weight excluding hydrogens is 338 g/mol. The molecule has 6 nitrogen and oxygen atoms in total. The van der Waals surface area contributed by atoms with Gasteiger partial charge in [-0.25, -0.2) is 8.42 Å². The van der Waals surface area contributed by atoms with Gasteiger partial charge in [0.15, 0.2) is 0 Å². The minimum atomic E-state index is -3.85. The Labute approximate surface area is 146 Å². The van der Waals surface area contributed by atoms with Crippen LogP contribution >= 0.6 is 0 Å². The summed E-state index contributed by atoms with van der Waals surface area (Å²) in [4.78, 5) is 16.1. The van der Waals surface area contributed by atoms with Crippen molar-refractivity contribution in [2.24, 2.45) is 0 Å². The number of amides is 1. The number of aryl methyl sites for hydroxylation is 1.